The molecule has 1 N–H and O–H groups in total. The lowest BCUT2D eigenvalue weighted by Gasteiger charge is -2.27. The van der Waals surface area contributed by atoms with Crippen molar-refractivity contribution in [2.24, 2.45) is 0 Å². The summed E-state index contributed by atoms with van der Waals surface area (Å²) >= 11 is 0. The lowest BCUT2D eigenvalue weighted by molar-refractivity contribution is 0.115. The van der Waals surface area contributed by atoms with E-state index in [2.05, 4.69) is 5.32 Å². The Morgan fingerprint density at radius 2 is 1.18 bits per heavy atom. The van der Waals surface area contributed by atoms with Crippen molar-refractivity contribution in [3.05, 3.63) is 0 Å². The highest BCUT2D eigenvalue weighted by Crippen LogP contribution is 2.21. The van der Waals surface area contributed by atoms with E-state index in [-0.39, 0.29) is 0 Å². The first-order valence-electron chi connectivity index (χ1n) is 7.32. The van der Waals surface area contributed by atoms with Crippen LogP contribution in [0.4, 0.5) is 0 Å². The maximum absolute atomic E-state index is 5.25. The van der Waals surface area contributed by atoms with E-state index in [4.69, 9.17) is 26.6 Å². The van der Waals surface area contributed by atoms with Gasteiger partial charge in [0, 0.05) is 54.2 Å². The lowest BCUT2D eigenvalue weighted by atomic mass is 10.5. The molecule has 0 aromatic heterocycles. The summed E-state index contributed by atoms with van der Waals surface area (Å²) in [7, 11) is 7.12. The van der Waals surface area contributed by atoms with Gasteiger partial charge >= 0.3 is 17.6 Å². The van der Waals surface area contributed by atoms with Crippen molar-refractivity contribution >= 4 is 17.6 Å². The predicted molar refractivity (Wildman–Crippen MR) is 92.0 cm³/mol. The Balaban J connectivity index is 0. The molecule has 22 heavy (non-hydrogen) atoms. The van der Waals surface area contributed by atoms with Gasteiger partial charge in [0.05, 0.1) is 0 Å². The highest BCUT2D eigenvalue weighted by Gasteiger charge is 2.41. The van der Waals surface area contributed by atoms with Gasteiger partial charge in [0.1, 0.15) is 0 Å². The highest BCUT2D eigenvalue weighted by molar-refractivity contribution is 6.62. The Hall–Kier alpha value is 0.154. The van der Waals surface area contributed by atoms with Gasteiger partial charge in [-0.3, -0.25) is 0 Å². The van der Waals surface area contributed by atoms with Gasteiger partial charge in [-0.2, -0.15) is 0 Å². The van der Waals surface area contributed by atoms with E-state index >= 15 is 0 Å². The van der Waals surface area contributed by atoms with Crippen LogP contribution >= 0.6 is 0 Å². The average molecular weight is 358 g/mol. The summed E-state index contributed by atoms with van der Waals surface area (Å²) < 4.78 is 31.3. The molecular weight excluding hydrogens is 322 g/mol. The smallest absolute Gasteiger partial charge is 0.377 e. The van der Waals surface area contributed by atoms with Crippen LogP contribution < -0.4 is 5.32 Å². The molecule has 136 valence electrons. The van der Waals surface area contributed by atoms with Crippen molar-refractivity contribution in [3.8, 4) is 0 Å². The fourth-order valence-electron chi connectivity index (χ4n) is 1.99. The fraction of sp³-hybridized carbons (Fsp3) is 1.00. The third kappa shape index (κ3) is 8.13. The molecule has 0 aliphatic heterocycles. The van der Waals surface area contributed by atoms with E-state index in [0.717, 1.165) is 19.0 Å². The zero-order valence-corrected chi connectivity index (χ0v) is 17.6. The quantitative estimate of drug-likeness (QED) is 0.446. The minimum atomic E-state index is -2.29. The third-order valence-electron chi connectivity index (χ3n) is 3.40. The van der Waals surface area contributed by atoms with E-state index in [0.29, 0.717) is 5.54 Å². The van der Waals surface area contributed by atoms with Crippen LogP contribution in [0.3, 0.4) is 0 Å². The van der Waals surface area contributed by atoms with Crippen LogP contribution in [-0.4, -0.2) is 73.9 Å². The van der Waals surface area contributed by atoms with Gasteiger partial charge in [-0.05, 0) is 20.0 Å². The summed E-state index contributed by atoms with van der Waals surface area (Å²) in [5.41, 5.74) is 0.312. The molecule has 9 heteroatoms. The van der Waals surface area contributed by atoms with Crippen LogP contribution in [0.1, 0.15) is 20.3 Å². The Morgan fingerprint density at radius 1 is 0.773 bits per heavy atom. The molecule has 0 unspecified atom stereocenters. The minimum absolute atomic E-state index is 0.312. The van der Waals surface area contributed by atoms with E-state index in [9.17, 15) is 0 Å². The summed E-state index contributed by atoms with van der Waals surface area (Å²) in [6, 6.07) is 0.858. The average Bonchev–Trinajstić information content (AvgIpc) is 2.55. The molecule has 7 nitrogen and oxygen atoms in total. The Labute approximate surface area is 138 Å². The summed E-state index contributed by atoms with van der Waals surface area (Å²) in [6.07, 6.45) is 1.01. The summed E-state index contributed by atoms with van der Waals surface area (Å²) in [6.45, 7) is 5.02. The number of rotatable bonds is 11. The first kappa shape index (κ1) is 24.4. The Morgan fingerprint density at radius 3 is 1.36 bits per heavy atom. The van der Waals surface area contributed by atoms with E-state index < -0.39 is 17.6 Å². The minimum Gasteiger partial charge on any atom is -0.377 e. The molecule has 0 bridgehead atoms. The number of hydrogen-bond donors (Lipinski definition) is 1. The second-order valence-corrected chi connectivity index (χ2v) is 11.6. The van der Waals surface area contributed by atoms with Crippen LogP contribution in [0.15, 0.2) is 0 Å². The van der Waals surface area contributed by atoms with Crippen molar-refractivity contribution < 1.29 is 26.6 Å². The van der Waals surface area contributed by atoms with Crippen molar-refractivity contribution in [1.82, 2.24) is 5.32 Å². The molecular formula is C13H35NO6Si2. The lowest BCUT2D eigenvalue weighted by Crippen LogP contribution is -2.45. The first-order chi connectivity index (χ1) is 10.4. The molecule has 0 saturated heterocycles. The zero-order valence-electron chi connectivity index (χ0n) is 15.6. The van der Waals surface area contributed by atoms with E-state index in [1.807, 2.05) is 20.9 Å². The Kier molecular flexibility index (Phi) is 15.1. The summed E-state index contributed by atoms with van der Waals surface area (Å²) in [5.74, 6) is 0. The summed E-state index contributed by atoms with van der Waals surface area (Å²) in [5, 5.41) is 3.07. The molecule has 0 amide bonds. The largest absolute Gasteiger partial charge is 0.502 e. The third-order valence-corrected chi connectivity index (χ3v) is 9.36. The van der Waals surface area contributed by atoms with Crippen LogP contribution in [0.2, 0.25) is 11.6 Å². The molecule has 0 radical (unpaired) electrons. The van der Waals surface area contributed by atoms with Crippen LogP contribution in [0.5, 0.6) is 0 Å². The van der Waals surface area contributed by atoms with Gasteiger partial charge in [-0.1, -0.05) is 13.8 Å². The normalized spacial score (nSPS) is 12.3. The van der Waals surface area contributed by atoms with Crippen molar-refractivity contribution in [2.45, 2.75) is 31.9 Å². The molecule has 0 saturated carbocycles. The van der Waals surface area contributed by atoms with Crippen molar-refractivity contribution in [1.29, 1.82) is 0 Å². The van der Waals surface area contributed by atoms with E-state index in [1.165, 1.54) is 0 Å². The van der Waals surface area contributed by atoms with Gasteiger partial charge < -0.3 is 31.9 Å². The first-order valence-corrected chi connectivity index (χ1v) is 11.1. The highest BCUT2D eigenvalue weighted by atomic mass is 28.4. The molecule has 0 aromatic rings. The maximum atomic E-state index is 5.25. The van der Waals surface area contributed by atoms with Gasteiger partial charge in [0.25, 0.3) is 0 Å². The van der Waals surface area contributed by atoms with Crippen molar-refractivity contribution in [2.75, 3.05) is 56.3 Å². The zero-order chi connectivity index (χ0) is 17.6. The monoisotopic (exact) mass is 357 g/mol. The fourth-order valence-corrected chi connectivity index (χ4v) is 5.63. The maximum Gasteiger partial charge on any atom is 0.502 e. The second kappa shape index (κ2) is 13.6. The van der Waals surface area contributed by atoms with Crippen LogP contribution in [-0.2, 0) is 26.6 Å². The number of hydrogen-bond acceptors (Lipinski definition) is 7. The molecule has 0 fully saturated rings. The summed E-state index contributed by atoms with van der Waals surface area (Å²) in [4.78, 5) is 0. The topological polar surface area (TPSA) is 67.4 Å². The SMILES string of the molecule is CNCCC[Si](OC)(OC)OC.CO[Si](OC)(OC)C(C)C. The second-order valence-electron chi connectivity index (χ2n) is 4.87. The molecule has 0 aliphatic carbocycles. The van der Waals surface area contributed by atoms with Gasteiger partial charge in [-0.25, -0.2) is 0 Å². The Bertz CT molecular complexity index is 234. The standard InChI is InChI=1S/C7H19NO3Si.C6H16O3Si/c1-8-6-5-7-12(9-2,10-3)11-4;1-6(2)10(7-3,8-4)9-5/h8H,5-7H2,1-4H3;6H,1-5H3. The molecule has 0 rings (SSSR count). The molecule has 0 aliphatic rings. The predicted octanol–water partition coefficient (Wildman–Crippen LogP) is 1.75. The number of nitrogens with one attached hydrogen (secondary N) is 1. The molecule has 0 heterocycles. The van der Waals surface area contributed by atoms with Crippen LogP contribution in [0.25, 0.3) is 0 Å². The van der Waals surface area contributed by atoms with Crippen LogP contribution in [0, 0.1) is 0 Å². The van der Waals surface area contributed by atoms with Gasteiger partial charge in [-0.15, -0.1) is 0 Å². The van der Waals surface area contributed by atoms with Gasteiger partial charge in [0.15, 0.2) is 0 Å². The molecule has 0 aromatic carbocycles. The molecule has 0 atom stereocenters. The van der Waals surface area contributed by atoms with E-state index in [1.54, 1.807) is 42.7 Å². The molecule has 0 spiro atoms. The van der Waals surface area contributed by atoms with Crippen molar-refractivity contribution in [3.63, 3.8) is 0 Å². The van der Waals surface area contributed by atoms with Gasteiger partial charge in [0.2, 0.25) is 0 Å².